The first-order chi connectivity index (χ1) is 20.7. The summed E-state index contributed by atoms with van der Waals surface area (Å²) in [6.45, 7) is 9.56. The Kier molecular flexibility index (Phi) is 16.2. The topological polar surface area (TPSA) is 307 Å². The van der Waals surface area contributed by atoms with Gasteiger partial charge in [-0.05, 0) is 38.2 Å². The van der Waals surface area contributed by atoms with Crippen LogP contribution in [0.3, 0.4) is 0 Å². The summed E-state index contributed by atoms with van der Waals surface area (Å²) in [4.78, 5) is 120. The van der Waals surface area contributed by atoms with Crippen LogP contribution in [-0.4, -0.2) is 135 Å². The smallest absolute Gasteiger partial charge is 0.484 e. The third-order valence-corrected chi connectivity index (χ3v) is 24.5. The maximum Gasteiger partial charge on any atom is 0.484 e. The highest BCUT2D eigenvalue weighted by molar-refractivity contribution is 6.84. The molecule has 0 spiro atoms. The van der Waals surface area contributed by atoms with Crippen LogP contribution in [0.25, 0.3) is 0 Å². The molecule has 0 aromatic rings. The van der Waals surface area contributed by atoms with Crippen molar-refractivity contribution < 1.29 is 87.0 Å². The van der Waals surface area contributed by atoms with E-state index in [1.165, 1.54) is 0 Å². The van der Waals surface area contributed by atoms with Gasteiger partial charge in [-0.1, -0.05) is 18.6 Å². The predicted molar refractivity (Wildman–Crippen MR) is 178 cm³/mol. The highest BCUT2D eigenvalue weighted by Crippen LogP contribution is 2.35. The molecule has 47 heavy (non-hydrogen) atoms. The van der Waals surface area contributed by atoms with Crippen LogP contribution in [0.4, 0.5) is 0 Å². The number of hydrogen-bond donors (Lipinski definition) is 12. The lowest BCUT2D eigenvalue weighted by molar-refractivity contribution is 0.102. The van der Waals surface area contributed by atoms with Gasteiger partial charge in [0.2, 0.25) is 0 Å². The molecule has 1 aliphatic rings. The van der Waals surface area contributed by atoms with Crippen LogP contribution in [0, 0.1) is 5.92 Å². The molecule has 1 rings (SSSR count). The van der Waals surface area contributed by atoms with E-state index in [-0.39, 0.29) is 37.5 Å². The van der Waals surface area contributed by atoms with Crippen molar-refractivity contribution in [1.29, 1.82) is 0 Å². The van der Waals surface area contributed by atoms with Crippen LogP contribution in [0.15, 0.2) is 23.0 Å². The molecular formula is C20H52O19Si8. The summed E-state index contributed by atoms with van der Waals surface area (Å²) in [5.41, 5.74) is 1.71. The van der Waals surface area contributed by atoms with Crippen molar-refractivity contribution in [2.75, 3.05) is 6.61 Å². The van der Waals surface area contributed by atoms with Crippen molar-refractivity contribution in [2.24, 2.45) is 5.92 Å². The molecule has 0 bridgehead atoms. The predicted octanol–water partition coefficient (Wildman–Crippen LogP) is -2.29. The summed E-state index contributed by atoms with van der Waals surface area (Å²) in [5.74, 6) is 0.500. The second-order valence-electron chi connectivity index (χ2n) is 12.3. The summed E-state index contributed by atoms with van der Waals surface area (Å²) in [5, 5.41) is 0. The molecule has 0 amide bonds. The monoisotopic (exact) mass is 820 g/mol. The van der Waals surface area contributed by atoms with E-state index >= 15 is 0 Å². The molecule has 0 radical (unpaired) electrons. The Morgan fingerprint density at radius 1 is 0.574 bits per heavy atom. The van der Waals surface area contributed by atoms with Crippen LogP contribution in [0.5, 0.6) is 0 Å². The first-order valence-corrected chi connectivity index (χ1v) is 32.3. The fraction of sp³-hybridized carbons (Fsp3) is 0.800. The third kappa shape index (κ3) is 20.1. The molecule has 278 valence electrons. The van der Waals surface area contributed by atoms with Gasteiger partial charge in [0.25, 0.3) is 0 Å². The summed E-state index contributed by atoms with van der Waals surface area (Å²) in [6, 6.07) is -0.447. The summed E-state index contributed by atoms with van der Waals surface area (Å²) < 4.78 is 37.7. The van der Waals surface area contributed by atoms with E-state index in [2.05, 4.69) is 0 Å². The second-order valence-corrected chi connectivity index (χ2v) is 32.2. The van der Waals surface area contributed by atoms with Crippen LogP contribution >= 0.6 is 0 Å². The summed E-state index contributed by atoms with van der Waals surface area (Å²) in [6.07, 6.45) is 3.11. The molecule has 0 saturated carbocycles. The molecular weight excluding hydrogens is 769 g/mol. The van der Waals surface area contributed by atoms with Gasteiger partial charge in [0, 0.05) is 57.3 Å². The molecule has 19 nitrogen and oxygen atoms in total. The molecule has 1 aliphatic carbocycles. The Balaban J connectivity index is 3.08. The zero-order valence-electron chi connectivity index (χ0n) is 27.8. The molecule has 27 heteroatoms. The number of hydrogen-bond acceptors (Lipinski definition) is 19. The number of ether oxygens (including phenoxy) is 1. The molecule has 12 N–H and O–H groups in total. The molecule has 0 aromatic carbocycles. The van der Waals surface area contributed by atoms with Crippen LogP contribution in [0.2, 0.25) is 51.4 Å². The molecule has 1 unspecified atom stereocenters. The van der Waals surface area contributed by atoms with E-state index in [9.17, 15) is 57.5 Å². The minimum atomic E-state index is -4.45. The highest BCUT2D eigenvalue weighted by Gasteiger charge is 2.57. The fourth-order valence-electron chi connectivity index (χ4n) is 4.94. The summed E-state index contributed by atoms with van der Waals surface area (Å²) in [7, 11) is -35.3. The Morgan fingerprint density at radius 3 is 1.19 bits per heavy atom. The SMILES string of the molecule is CC1=C(OCCC[Si](O[Si](C)(O)O)(O[Si](C)(O)O)O[Si](C)(O)O)C(C)CC(CCC[Si](O[Si](C)(O)O)(O[Si](C)(O)O)O[Si](C)(O)O)=C1. The van der Waals surface area contributed by atoms with Gasteiger partial charge in [0.05, 0.1) is 6.61 Å². The van der Waals surface area contributed by atoms with Gasteiger partial charge in [-0.15, -0.1) is 0 Å². The van der Waals surface area contributed by atoms with Gasteiger partial charge < -0.3 is 87.0 Å². The first-order valence-electron chi connectivity index (χ1n) is 14.6. The van der Waals surface area contributed by atoms with Crippen molar-refractivity contribution >= 4 is 70.4 Å². The highest BCUT2D eigenvalue weighted by atomic mass is 28.5. The minimum Gasteiger partial charge on any atom is -0.497 e. The van der Waals surface area contributed by atoms with E-state index in [4.69, 9.17) is 29.4 Å². The second kappa shape index (κ2) is 16.8. The first kappa shape index (κ1) is 45.3. The number of allylic oxidation sites excluding steroid dienone is 4. The van der Waals surface area contributed by atoms with Gasteiger partial charge in [0.1, 0.15) is 5.76 Å². The average molecular weight is 821 g/mol. The molecule has 1 atom stereocenters. The minimum absolute atomic E-state index is 0.0193. The molecule has 0 heterocycles. The van der Waals surface area contributed by atoms with E-state index in [1.54, 1.807) is 0 Å². The molecule has 0 aromatic heterocycles. The van der Waals surface area contributed by atoms with E-state index < -0.39 is 70.4 Å². The Morgan fingerprint density at radius 2 is 0.894 bits per heavy atom. The molecule has 0 fully saturated rings. The van der Waals surface area contributed by atoms with Crippen molar-refractivity contribution in [1.82, 2.24) is 0 Å². The fourth-order valence-corrected chi connectivity index (χ4v) is 26.0. The Hall–Kier alpha value is 0.295. The zero-order chi connectivity index (χ0) is 36.9. The lowest BCUT2D eigenvalue weighted by Gasteiger charge is -2.37. The van der Waals surface area contributed by atoms with Gasteiger partial charge in [-0.3, -0.25) is 0 Å². The van der Waals surface area contributed by atoms with Crippen molar-refractivity contribution in [3.63, 3.8) is 0 Å². The van der Waals surface area contributed by atoms with Gasteiger partial charge in [-0.25, -0.2) is 0 Å². The van der Waals surface area contributed by atoms with E-state index in [0.717, 1.165) is 50.4 Å². The van der Waals surface area contributed by atoms with Crippen molar-refractivity contribution in [2.45, 2.75) is 90.9 Å². The van der Waals surface area contributed by atoms with Crippen LogP contribution in [0.1, 0.15) is 39.5 Å². The maximum absolute atomic E-state index is 10.0. The number of rotatable bonds is 21. The lowest BCUT2D eigenvalue weighted by Crippen LogP contribution is -2.64. The maximum atomic E-state index is 10.0. The normalized spacial score (nSPS) is 18.1. The van der Waals surface area contributed by atoms with Crippen LogP contribution in [-0.2, 0) is 29.4 Å². The summed E-state index contributed by atoms with van der Waals surface area (Å²) >= 11 is 0. The third-order valence-electron chi connectivity index (χ3n) is 5.78. The quantitative estimate of drug-likeness (QED) is 0.0428. The average Bonchev–Trinajstić information content (AvgIpc) is 2.70. The van der Waals surface area contributed by atoms with Crippen molar-refractivity contribution in [3.05, 3.63) is 23.0 Å². The largest absolute Gasteiger partial charge is 0.497 e. The van der Waals surface area contributed by atoms with Crippen LogP contribution < -0.4 is 0 Å². The Bertz CT molecular complexity index is 987. The van der Waals surface area contributed by atoms with Gasteiger partial charge in [0.15, 0.2) is 0 Å². The Labute approximate surface area is 283 Å². The lowest BCUT2D eigenvalue weighted by atomic mass is 9.88. The molecule has 0 saturated heterocycles. The van der Waals surface area contributed by atoms with E-state index in [0.29, 0.717) is 18.6 Å². The molecule has 0 aliphatic heterocycles. The standard InChI is InChI=1S/C20H52O19Si8/c1-17-15-19(11-9-13-46(34-40(3,21)22,35-41(4,23)24)36-42(5,25)26)16-18(2)20(17)33-12-10-14-47(37-43(6,27)28,38-44(7,29)30)39-45(8,31)32/h15,18,21-32H,9-14,16H2,1-8H3. The van der Waals surface area contributed by atoms with E-state index in [1.807, 2.05) is 19.9 Å². The van der Waals surface area contributed by atoms with Crippen molar-refractivity contribution in [3.8, 4) is 0 Å². The zero-order valence-corrected chi connectivity index (χ0v) is 35.8. The van der Waals surface area contributed by atoms with Gasteiger partial charge in [-0.2, -0.15) is 0 Å². The van der Waals surface area contributed by atoms with Gasteiger partial charge >= 0.3 is 70.4 Å².